The molecule has 0 spiro atoms. The minimum atomic E-state index is -0.883. The van der Waals surface area contributed by atoms with Crippen molar-refractivity contribution < 1.29 is 19.4 Å². The van der Waals surface area contributed by atoms with Crippen LogP contribution in [0.1, 0.15) is 32.1 Å². The van der Waals surface area contributed by atoms with Crippen LogP contribution in [0.15, 0.2) is 70.5 Å². The Kier molecular flexibility index (Phi) is 8.76. The van der Waals surface area contributed by atoms with Crippen molar-refractivity contribution in [3.63, 3.8) is 0 Å². The van der Waals surface area contributed by atoms with Gasteiger partial charge in [-0.2, -0.15) is 0 Å². The zero-order valence-corrected chi connectivity index (χ0v) is 15.6. The summed E-state index contributed by atoms with van der Waals surface area (Å²) in [6.07, 6.45) is 2.29. The molecule has 2 aromatic rings. The zero-order valence-electron chi connectivity index (χ0n) is 14.8. The summed E-state index contributed by atoms with van der Waals surface area (Å²) in [7, 11) is 0.0187. The highest BCUT2D eigenvalue weighted by atomic mass is 32.2. The molecule has 5 heteroatoms. The Bertz CT molecular complexity index is 633. The lowest BCUT2D eigenvalue weighted by atomic mass is 10.2. The summed E-state index contributed by atoms with van der Waals surface area (Å²) in [5.41, 5.74) is 0. The molecule has 0 amide bonds. The van der Waals surface area contributed by atoms with Gasteiger partial charge in [0.2, 0.25) is 0 Å². The molecule has 0 aromatic heterocycles. The fraction of sp³-hybridized carbons (Fsp3) is 0.333. The summed E-state index contributed by atoms with van der Waals surface area (Å²) in [6, 6.07) is 21.0. The monoisotopic (exact) mass is 373 g/mol. The predicted molar refractivity (Wildman–Crippen MR) is 103 cm³/mol. The van der Waals surface area contributed by atoms with E-state index in [0.717, 1.165) is 18.6 Å². The van der Waals surface area contributed by atoms with Gasteiger partial charge in [0.05, 0.1) is 17.5 Å². The number of carboxylic acids is 1. The van der Waals surface area contributed by atoms with Crippen LogP contribution in [0.3, 0.4) is 0 Å². The van der Waals surface area contributed by atoms with Gasteiger partial charge in [0.1, 0.15) is 5.75 Å². The number of esters is 1. The molecule has 0 saturated carbocycles. The van der Waals surface area contributed by atoms with Crippen molar-refractivity contribution in [2.24, 2.45) is 0 Å². The van der Waals surface area contributed by atoms with E-state index in [-0.39, 0.29) is 29.7 Å². The third-order valence-corrected chi connectivity index (χ3v) is 6.21. The van der Waals surface area contributed by atoms with Crippen LogP contribution in [0.5, 0.6) is 0 Å². The van der Waals surface area contributed by atoms with Crippen molar-refractivity contribution in [2.75, 3.05) is 12.4 Å². The highest BCUT2D eigenvalue weighted by Crippen LogP contribution is 2.24. The van der Waals surface area contributed by atoms with Crippen LogP contribution in [0.25, 0.3) is 0 Å². The maximum Gasteiger partial charge on any atom is 0.305 e. The quantitative estimate of drug-likeness (QED) is 0.362. The Balaban J connectivity index is 1.76. The molecule has 0 radical (unpaired) electrons. The molecule has 0 fully saturated rings. The molecule has 4 nitrogen and oxygen atoms in total. The van der Waals surface area contributed by atoms with E-state index in [9.17, 15) is 9.59 Å². The average Bonchev–Trinajstić information content (AvgIpc) is 2.66. The van der Waals surface area contributed by atoms with Gasteiger partial charge in [-0.05, 0) is 43.5 Å². The number of hydrogen-bond donors (Lipinski definition) is 1. The van der Waals surface area contributed by atoms with Crippen molar-refractivity contribution in [3.8, 4) is 0 Å². The first-order valence-corrected chi connectivity index (χ1v) is 10.2. The van der Waals surface area contributed by atoms with E-state index >= 15 is 0 Å². The summed E-state index contributed by atoms with van der Waals surface area (Å²) in [5, 5.41) is 8.56. The highest BCUT2D eigenvalue weighted by molar-refractivity contribution is 7.97. The molecule has 2 rings (SSSR count). The van der Waals surface area contributed by atoms with Gasteiger partial charge < -0.3 is 9.84 Å². The predicted octanol–water partition coefficient (Wildman–Crippen LogP) is 4.30. The van der Waals surface area contributed by atoms with Crippen molar-refractivity contribution >= 4 is 22.8 Å². The molecule has 0 atom stereocenters. The molecule has 2 aromatic carbocycles. The van der Waals surface area contributed by atoms with Crippen molar-refractivity contribution in [2.45, 2.75) is 41.9 Å². The maximum atomic E-state index is 11.6. The lowest BCUT2D eigenvalue weighted by molar-refractivity contribution is -0.144. The van der Waals surface area contributed by atoms with Crippen LogP contribution < -0.4 is 0 Å². The molecule has 1 N–H and O–H groups in total. The number of hydrogen-bond acceptors (Lipinski definition) is 3. The standard InChI is InChI=1S/C21H24O4S/c22-20(23)14-9-15-21(24)25-16-7-8-17-26(18-10-3-1-4-11-18)19-12-5-2-6-13-19/h1-6,10-13H,7-9,14-17H2/p+1. The molecule has 0 aliphatic rings. The Labute approximate surface area is 157 Å². The van der Waals surface area contributed by atoms with Crippen molar-refractivity contribution in [3.05, 3.63) is 60.7 Å². The van der Waals surface area contributed by atoms with E-state index in [1.54, 1.807) is 0 Å². The van der Waals surface area contributed by atoms with Gasteiger partial charge in [-0.25, -0.2) is 0 Å². The van der Waals surface area contributed by atoms with Gasteiger partial charge in [0.25, 0.3) is 0 Å². The normalized spacial score (nSPS) is 10.7. The van der Waals surface area contributed by atoms with Crippen LogP contribution in [0, 0.1) is 0 Å². The molecule has 0 aliphatic carbocycles. The molecule has 0 bridgehead atoms. The van der Waals surface area contributed by atoms with E-state index in [0.29, 0.717) is 13.0 Å². The van der Waals surface area contributed by atoms with Gasteiger partial charge in [-0.3, -0.25) is 9.59 Å². The number of carboxylic acid groups (broad SMARTS) is 1. The first-order chi connectivity index (χ1) is 12.7. The Morgan fingerprint density at radius 1 is 0.808 bits per heavy atom. The minimum Gasteiger partial charge on any atom is -0.481 e. The van der Waals surface area contributed by atoms with Crippen LogP contribution in [0.2, 0.25) is 0 Å². The maximum absolute atomic E-state index is 11.6. The second-order valence-corrected chi connectivity index (χ2v) is 8.03. The molecule has 0 unspecified atom stereocenters. The summed E-state index contributed by atoms with van der Waals surface area (Å²) >= 11 is 0. The van der Waals surface area contributed by atoms with Crippen molar-refractivity contribution in [1.82, 2.24) is 0 Å². The Hall–Kier alpha value is -2.27. The largest absolute Gasteiger partial charge is 0.481 e. The molecule has 0 aliphatic heterocycles. The van der Waals surface area contributed by atoms with Crippen LogP contribution >= 0.6 is 0 Å². The van der Waals surface area contributed by atoms with Crippen LogP contribution in [0.4, 0.5) is 0 Å². The molecular weight excluding hydrogens is 348 g/mol. The van der Waals surface area contributed by atoms with E-state index in [2.05, 4.69) is 48.5 Å². The van der Waals surface area contributed by atoms with Gasteiger partial charge in [-0.1, -0.05) is 36.4 Å². The zero-order chi connectivity index (χ0) is 18.6. The fourth-order valence-corrected chi connectivity index (χ4v) is 4.74. The average molecular weight is 373 g/mol. The van der Waals surface area contributed by atoms with E-state index in [4.69, 9.17) is 9.84 Å². The number of rotatable bonds is 11. The third-order valence-electron chi connectivity index (χ3n) is 3.83. The molecule has 0 saturated heterocycles. The topological polar surface area (TPSA) is 63.6 Å². The summed E-state index contributed by atoms with van der Waals surface area (Å²) in [6.45, 7) is 0.396. The van der Waals surface area contributed by atoms with Gasteiger partial charge >= 0.3 is 11.9 Å². The number of carbonyl (C=O) groups excluding carboxylic acids is 1. The van der Waals surface area contributed by atoms with E-state index < -0.39 is 5.97 Å². The first-order valence-electron chi connectivity index (χ1n) is 8.85. The van der Waals surface area contributed by atoms with Gasteiger partial charge in [0.15, 0.2) is 9.79 Å². The number of unbranched alkanes of at least 4 members (excludes halogenated alkanes) is 1. The molecule has 26 heavy (non-hydrogen) atoms. The lowest BCUT2D eigenvalue weighted by Gasteiger charge is -2.08. The van der Waals surface area contributed by atoms with Crippen LogP contribution in [-0.2, 0) is 25.2 Å². The third kappa shape index (κ3) is 7.31. The van der Waals surface area contributed by atoms with E-state index in [1.165, 1.54) is 9.79 Å². The second kappa shape index (κ2) is 11.4. The molecule has 0 heterocycles. The Morgan fingerprint density at radius 2 is 1.38 bits per heavy atom. The summed E-state index contributed by atoms with van der Waals surface area (Å²) in [5.74, 6) is -0.173. The first kappa shape index (κ1) is 20.0. The summed E-state index contributed by atoms with van der Waals surface area (Å²) in [4.78, 5) is 24.6. The summed E-state index contributed by atoms with van der Waals surface area (Å²) < 4.78 is 5.19. The van der Waals surface area contributed by atoms with Gasteiger partial charge in [0, 0.05) is 12.8 Å². The number of ether oxygens (including phenoxy) is 1. The van der Waals surface area contributed by atoms with Gasteiger partial charge in [-0.15, -0.1) is 0 Å². The fourth-order valence-electron chi connectivity index (χ4n) is 2.53. The number of carbonyl (C=O) groups is 2. The number of aliphatic carboxylic acids is 1. The van der Waals surface area contributed by atoms with E-state index in [1.807, 2.05) is 12.1 Å². The minimum absolute atomic E-state index is 0.00600. The molecular formula is C21H25O4S+. The van der Waals surface area contributed by atoms with Crippen molar-refractivity contribution in [1.29, 1.82) is 0 Å². The SMILES string of the molecule is O=C(O)CCCC(=O)OCCCC[S+](c1ccccc1)c1ccccc1. The smallest absolute Gasteiger partial charge is 0.305 e. The lowest BCUT2D eigenvalue weighted by Crippen LogP contribution is -2.11. The second-order valence-electron chi connectivity index (χ2n) is 5.90. The molecule has 138 valence electrons. The number of benzene rings is 2. The highest BCUT2D eigenvalue weighted by Gasteiger charge is 2.24. The van der Waals surface area contributed by atoms with Crippen LogP contribution in [-0.4, -0.2) is 29.4 Å². The Morgan fingerprint density at radius 3 is 1.92 bits per heavy atom.